The van der Waals surface area contributed by atoms with Crippen LogP contribution >= 0.6 is 0 Å². The first kappa shape index (κ1) is 16.6. The Morgan fingerprint density at radius 3 is 2.43 bits per heavy atom. The molecule has 8 nitrogen and oxygen atoms in total. The zero-order valence-electron chi connectivity index (χ0n) is 11.1. The van der Waals surface area contributed by atoms with Crippen molar-refractivity contribution in [2.75, 3.05) is 6.54 Å². The molecule has 0 saturated heterocycles. The Morgan fingerprint density at radius 1 is 1.38 bits per heavy atom. The normalized spacial score (nSPS) is 12.2. The van der Waals surface area contributed by atoms with Crippen LogP contribution in [-0.2, 0) is 24.3 Å². The van der Waals surface area contributed by atoms with E-state index in [0.717, 1.165) is 0 Å². The van der Waals surface area contributed by atoms with E-state index in [2.05, 4.69) is 4.74 Å². The van der Waals surface area contributed by atoms with Gasteiger partial charge in [-0.15, -0.1) is 0 Å². The lowest BCUT2D eigenvalue weighted by Gasteiger charge is -2.10. The maximum absolute atomic E-state index is 11.9. The predicted molar refractivity (Wildman–Crippen MR) is 71.1 cm³/mol. The van der Waals surface area contributed by atoms with Crippen molar-refractivity contribution in [3.05, 3.63) is 29.8 Å². The summed E-state index contributed by atoms with van der Waals surface area (Å²) in [5.41, 5.74) is 5.21. The lowest BCUT2D eigenvalue weighted by molar-refractivity contribution is -0.152. The summed E-state index contributed by atoms with van der Waals surface area (Å²) >= 11 is 0. The summed E-state index contributed by atoms with van der Waals surface area (Å²) in [6, 6.07) is 6.99. The molecule has 0 radical (unpaired) electrons. The molecule has 9 heteroatoms. The number of amides is 1. The second-order valence-corrected chi connectivity index (χ2v) is 5.76. The molecular weight excluding hydrogens is 298 g/mol. The number of carbonyl (C=O) groups excluding carboxylic acids is 2. The number of nitriles is 1. The molecule has 1 unspecified atom stereocenters. The van der Waals surface area contributed by atoms with Gasteiger partial charge in [0.15, 0.2) is 6.10 Å². The van der Waals surface area contributed by atoms with Crippen LogP contribution in [0.25, 0.3) is 0 Å². The van der Waals surface area contributed by atoms with Crippen LogP contribution in [0.3, 0.4) is 0 Å². The smallest absolute Gasteiger partial charge is 0.321 e. The highest BCUT2D eigenvalue weighted by Crippen LogP contribution is 2.09. The highest BCUT2D eigenvalue weighted by atomic mass is 32.2. The summed E-state index contributed by atoms with van der Waals surface area (Å²) in [6.45, 7) is 0.634. The molecule has 0 aliphatic heterocycles. The quantitative estimate of drug-likeness (QED) is 0.663. The maximum atomic E-state index is 11.9. The molecule has 0 saturated carbocycles. The number of primary amides is 1. The van der Waals surface area contributed by atoms with Crippen LogP contribution in [-0.4, -0.2) is 32.9 Å². The van der Waals surface area contributed by atoms with Crippen molar-refractivity contribution in [2.45, 2.75) is 17.9 Å². The summed E-state index contributed by atoms with van der Waals surface area (Å²) in [4.78, 5) is 21.9. The van der Waals surface area contributed by atoms with E-state index in [1.807, 2.05) is 10.8 Å². The summed E-state index contributed by atoms with van der Waals surface area (Å²) < 4.78 is 30.3. The van der Waals surface area contributed by atoms with Crippen molar-refractivity contribution < 1.29 is 22.7 Å². The number of carbonyl (C=O) groups is 2. The Kier molecular flexibility index (Phi) is 5.40. The van der Waals surface area contributed by atoms with Gasteiger partial charge in [-0.25, -0.2) is 8.42 Å². The molecule has 0 aliphatic carbocycles. The molecular formula is C12H13N3O5S. The van der Waals surface area contributed by atoms with Crippen LogP contribution in [0.4, 0.5) is 0 Å². The fourth-order valence-corrected chi connectivity index (χ4v) is 2.21. The molecule has 0 aromatic heterocycles. The van der Waals surface area contributed by atoms with Gasteiger partial charge < -0.3 is 10.5 Å². The first-order valence-electron chi connectivity index (χ1n) is 5.75. The Morgan fingerprint density at radius 2 is 1.95 bits per heavy atom. The molecule has 0 bridgehead atoms. The minimum atomic E-state index is -3.91. The topological polar surface area (TPSA) is 139 Å². The SMILES string of the molecule is CC(OC(=O)CNS(=O)(=O)c1ccc(C#N)cc1)C(N)=O. The molecule has 0 heterocycles. The van der Waals surface area contributed by atoms with Gasteiger partial charge in [-0.1, -0.05) is 0 Å². The van der Waals surface area contributed by atoms with Gasteiger partial charge in [0.25, 0.3) is 5.91 Å². The van der Waals surface area contributed by atoms with Gasteiger partial charge in [0.1, 0.15) is 6.54 Å². The maximum Gasteiger partial charge on any atom is 0.321 e. The van der Waals surface area contributed by atoms with Gasteiger partial charge in [-0.05, 0) is 31.2 Å². The standard InChI is InChI=1S/C12H13N3O5S/c1-8(12(14)17)20-11(16)7-15-21(18,19)10-4-2-9(6-13)3-5-10/h2-5,8,15H,7H2,1H3,(H2,14,17). The average Bonchev–Trinajstić information content (AvgIpc) is 2.45. The van der Waals surface area contributed by atoms with Crippen molar-refractivity contribution in [1.82, 2.24) is 4.72 Å². The van der Waals surface area contributed by atoms with Crippen molar-refractivity contribution >= 4 is 21.9 Å². The van der Waals surface area contributed by atoms with Crippen molar-refractivity contribution in [2.24, 2.45) is 5.73 Å². The molecule has 1 rings (SSSR count). The molecule has 1 aromatic carbocycles. The van der Waals surface area contributed by atoms with Crippen LogP contribution in [0.5, 0.6) is 0 Å². The molecule has 3 N–H and O–H groups in total. The zero-order valence-corrected chi connectivity index (χ0v) is 11.9. The van der Waals surface area contributed by atoms with Gasteiger partial charge in [-0.3, -0.25) is 9.59 Å². The number of esters is 1. The Bertz CT molecular complexity index is 676. The fraction of sp³-hybridized carbons (Fsp3) is 0.250. The minimum Gasteiger partial charge on any atom is -0.452 e. The summed E-state index contributed by atoms with van der Waals surface area (Å²) in [5, 5.41) is 8.62. The Balaban J connectivity index is 2.66. The van der Waals surface area contributed by atoms with Crippen molar-refractivity contribution in [3.63, 3.8) is 0 Å². The third-order valence-electron chi connectivity index (χ3n) is 2.41. The molecule has 0 spiro atoms. The number of nitrogens with zero attached hydrogens (tertiary/aromatic N) is 1. The largest absolute Gasteiger partial charge is 0.452 e. The van der Waals surface area contributed by atoms with Crippen LogP contribution in [0.15, 0.2) is 29.2 Å². The fourth-order valence-electron chi connectivity index (χ4n) is 1.24. The van der Waals surface area contributed by atoms with E-state index >= 15 is 0 Å². The van der Waals surface area contributed by atoms with Crippen LogP contribution in [0.1, 0.15) is 12.5 Å². The minimum absolute atomic E-state index is 0.0998. The molecule has 21 heavy (non-hydrogen) atoms. The van der Waals surface area contributed by atoms with Crippen LogP contribution < -0.4 is 10.5 Å². The summed E-state index contributed by atoms with van der Waals surface area (Å²) in [5.74, 6) is -1.77. The van der Waals surface area contributed by atoms with Crippen LogP contribution in [0, 0.1) is 11.3 Å². The van der Waals surface area contributed by atoms with E-state index in [1.54, 1.807) is 0 Å². The molecule has 1 amide bonds. The summed E-state index contributed by atoms with van der Waals surface area (Å²) in [6.07, 6.45) is -1.14. The van der Waals surface area contributed by atoms with Crippen LogP contribution in [0.2, 0.25) is 0 Å². The number of benzene rings is 1. The van der Waals surface area contributed by atoms with E-state index in [0.29, 0.717) is 5.56 Å². The number of rotatable bonds is 6. The number of hydrogen-bond acceptors (Lipinski definition) is 6. The van der Waals surface area contributed by atoms with Crippen molar-refractivity contribution in [1.29, 1.82) is 5.26 Å². The third kappa shape index (κ3) is 4.87. The monoisotopic (exact) mass is 311 g/mol. The molecule has 0 fully saturated rings. The lowest BCUT2D eigenvalue weighted by atomic mass is 10.2. The van der Waals surface area contributed by atoms with E-state index in [4.69, 9.17) is 11.0 Å². The van der Waals surface area contributed by atoms with E-state index in [9.17, 15) is 18.0 Å². The Labute approximate surface area is 121 Å². The second kappa shape index (κ2) is 6.83. The average molecular weight is 311 g/mol. The zero-order chi connectivity index (χ0) is 16.0. The highest BCUT2D eigenvalue weighted by molar-refractivity contribution is 7.89. The van der Waals surface area contributed by atoms with Gasteiger partial charge >= 0.3 is 5.97 Å². The molecule has 0 aliphatic rings. The molecule has 112 valence electrons. The second-order valence-electron chi connectivity index (χ2n) is 4.00. The first-order chi connectivity index (χ1) is 9.76. The molecule has 1 atom stereocenters. The number of nitrogens with two attached hydrogens (primary N) is 1. The Hall–Kier alpha value is -2.44. The van der Waals surface area contributed by atoms with Gasteiger partial charge in [0, 0.05) is 0 Å². The van der Waals surface area contributed by atoms with E-state index in [1.165, 1.54) is 31.2 Å². The number of hydrogen-bond donors (Lipinski definition) is 2. The van der Waals surface area contributed by atoms with Crippen molar-refractivity contribution in [3.8, 4) is 6.07 Å². The number of nitrogens with one attached hydrogen (secondary N) is 1. The van der Waals surface area contributed by atoms with Gasteiger partial charge in [0.2, 0.25) is 10.0 Å². The van der Waals surface area contributed by atoms with E-state index in [-0.39, 0.29) is 4.90 Å². The lowest BCUT2D eigenvalue weighted by Crippen LogP contribution is -2.36. The van der Waals surface area contributed by atoms with E-state index < -0.39 is 34.5 Å². The third-order valence-corrected chi connectivity index (χ3v) is 3.83. The number of sulfonamides is 1. The summed E-state index contributed by atoms with van der Waals surface area (Å²) in [7, 11) is -3.91. The van der Waals surface area contributed by atoms with Gasteiger partial charge in [-0.2, -0.15) is 9.98 Å². The number of ether oxygens (including phenoxy) is 1. The molecule has 1 aromatic rings. The highest BCUT2D eigenvalue weighted by Gasteiger charge is 2.18. The predicted octanol–water partition coefficient (Wildman–Crippen LogP) is -0.746. The first-order valence-corrected chi connectivity index (χ1v) is 7.23. The van der Waals surface area contributed by atoms with Gasteiger partial charge in [0.05, 0.1) is 16.5 Å².